The Balaban J connectivity index is 2.20. The molecule has 1 aromatic carbocycles. The first-order valence-electron chi connectivity index (χ1n) is 5.22. The van der Waals surface area contributed by atoms with Crippen LogP contribution in [-0.2, 0) is 4.74 Å². The van der Waals surface area contributed by atoms with E-state index in [9.17, 15) is 4.79 Å². The molecule has 0 N–H and O–H groups in total. The molecular formula is C12H13ClO3. The van der Waals surface area contributed by atoms with E-state index in [1.807, 2.05) is 0 Å². The van der Waals surface area contributed by atoms with Crippen LogP contribution < -0.4 is 4.74 Å². The van der Waals surface area contributed by atoms with Crippen LogP contribution >= 0.6 is 11.6 Å². The Labute approximate surface area is 99.3 Å². The average Bonchev–Trinajstić information content (AvgIpc) is 3.10. The molecule has 0 spiro atoms. The summed E-state index contributed by atoms with van der Waals surface area (Å²) in [5, 5.41) is 0.448. The van der Waals surface area contributed by atoms with Gasteiger partial charge in [-0.3, -0.25) is 0 Å². The molecule has 0 unspecified atom stereocenters. The van der Waals surface area contributed by atoms with Crippen LogP contribution in [0.25, 0.3) is 0 Å². The van der Waals surface area contributed by atoms with Gasteiger partial charge in [-0.2, -0.15) is 0 Å². The number of para-hydroxylation sites is 1. The first-order chi connectivity index (χ1) is 7.72. The highest BCUT2D eigenvalue weighted by molar-refractivity contribution is 6.32. The lowest BCUT2D eigenvalue weighted by molar-refractivity contribution is 0.0595. The number of rotatable bonds is 4. The van der Waals surface area contributed by atoms with Gasteiger partial charge in [0.15, 0.2) is 5.75 Å². The van der Waals surface area contributed by atoms with Crippen LogP contribution in [0.4, 0.5) is 0 Å². The molecule has 3 nitrogen and oxygen atoms in total. The minimum Gasteiger partial charge on any atom is -0.491 e. The first kappa shape index (κ1) is 11.3. The summed E-state index contributed by atoms with van der Waals surface area (Å²) in [7, 11) is 1.34. The van der Waals surface area contributed by atoms with Gasteiger partial charge in [-0.1, -0.05) is 17.7 Å². The van der Waals surface area contributed by atoms with E-state index >= 15 is 0 Å². The maximum Gasteiger partial charge on any atom is 0.341 e. The molecule has 1 aliphatic carbocycles. The van der Waals surface area contributed by atoms with E-state index in [0.29, 0.717) is 28.9 Å². The summed E-state index contributed by atoms with van der Waals surface area (Å²) in [6.45, 7) is 0.619. The lowest BCUT2D eigenvalue weighted by atomic mass is 10.2. The predicted octanol–water partition coefficient (Wildman–Crippen LogP) is 2.92. The van der Waals surface area contributed by atoms with Gasteiger partial charge in [0.1, 0.15) is 5.56 Å². The monoisotopic (exact) mass is 240 g/mol. The van der Waals surface area contributed by atoms with Crippen LogP contribution in [0.1, 0.15) is 23.2 Å². The molecule has 0 saturated heterocycles. The number of hydrogen-bond acceptors (Lipinski definition) is 3. The summed E-state index contributed by atoms with van der Waals surface area (Å²) in [4.78, 5) is 11.5. The lowest BCUT2D eigenvalue weighted by Gasteiger charge is -2.11. The van der Waals surface area contributed by atoms with E-state index < -0.39 is 5.97 Å². The van der Waals surface area contributed by atoms with Gasteiger partial charge in [0, 0.05) is 0 Å². The normalized spacial score (nSPS) is 14.6. The summed E-state index contributed by atoms with van der Waals surface area (Å²) >= 11 is 6.00. The van der Waals surface area contributed by atoms with Crippen molar-refractivity contribution < 1.29 is 14.3 Å². The molecule has 0 aromatic heterocycles. The Kier molecular flexibility index (Phi) is 3.34. The zero-order valence-electron chi connectivity index (χ0n) is 9.03. The minimum atomic E-state index is -0.423. The molecule has 1 fully saturated rings. The molecular weight excluding hydrogens is 228 g/mol. The van der Waals surface area contributed by atoms with Gasteiger partial charge in [0.05, 0.1) is 18.7 Å². The third-order valence-electron chi connectivity index (χ3n) is 2.53. The van der Waals surface area contributed by atoms with Crippen molar-refractivity contribution >= 4 is 17.6 Å². The maximum atomic E-state index is 11.5. The minimum absolute atomic E-state index is 0.385. The summed E-state index contributed by atoms with van der Waals surface area (Å²) in [5.74, 6) is 0.623. The summed E-state index contributed by atoms with van der Waals surface area (Å²) in [6, 6.07) is 5.06. The number of benzene rings is 1. The largest absolute Gasteiger partial charge is 0.491 e. The SMILES string of the molecule is COC(=O)c1cccc(Cl)c1OCC1CC1. The number of ether oxygens (including phenoxy) is 2. The number of esters is 1. The number of halogens is 1. The van der Waals surface area contributed by atoms with Crippen molar-refractivity contribution in [2.75, 3.05) is 13.7 Å². The molecule has 1 aliphatic rings. The highest BCUT2D eigenvalue weighted by Gasteiger charge is 2.24. The predicted molar refractivity (Wildman–Crippen MR) is 61.0 cm³/mol. The number of carbonyl (C=O) groups is 1. The molecule has 0 bridgehead atoms. The molecule has 16 heavy (non-hydrogen) atoms. The smallest absolute Gasteiger partial charge is 0.341 e. The van der Waals surface area contributed by atoms with Crippen molar-refractivity contribution in [1.82, 2.24) is 0 Å². The average molecular weight is 241 g/mol. The Hall–Kier alpha value is -1.22. The van der Waals surface area contributed by atoms with E-state index in [0.717, 1.165) is 0 Å². The van der Waals surface area contributed by atoms with Crippen molar-refractivity contribution in [3.63, 3.8) is 0 Å². The molecule has 2 rings (SSSR count). The molecule has 1 saturated carbocycles. The molecule has 86 valence electrons. The Morgan fingerprint density at radius 3 is 2.88 bits per heavy atom. The lowest BCUT2D eigenvalue weighted by Crippen LogP contribution is -2.07. The highest BCUT2D eigenvalue weighted by Crippen LogP contribution is 2.33. The van der Waals surface area contributed by atoms with Crippen molar-refractivity contribution in [2.45, 2.75) is 12.8 Å². The Bertz CT molecular complexity index is 399. The third-order valence-corrected chi connectivity index (χ3v) is 2.83. The van der Waals surface area contributed by atoms with Gasteiger partial charge < -0.3 is 9.47 Å². The topological polar surface area (TPSA) is 35.5 Å². The van der Waals surface area contributed by atoms with Crippen LogP contribution in [0.2, 0.25) is 5.02 Å². The fraction of sp³-hybridized carbons (Fsp3) is 0.417. The summed E-state index contributed by atoms with van der Waals surface area (Å²) in [5.41, 5.74) is 0.385. The molecule has 0 amide bonds. The molecule has 4 heteroatoms. The van der Waals surface area contributed by atoms with E-state index in [2.05, 4.69) is 4.74 Å². The highest BCUT2D eigenvalue weighted by atomic mass is 35.5. The third kappa shape index (κ3) is 2.47. The van der Waals surface area contributed by atoms with Crippen molar-refractivity contribution in [3.8, 4) is 5.75 Å². The Morgan fingerprint density at radius 2 is 2.25 bits per heavy atom. The zero-order chi connectivity index (χ0) is 11.5. The van der Waals surface area contributed by atoms with Gasteiger partial charge in [-0.15, -0.1) is 0 Å². The summed E-state index contributed by atoms with van der Waals surface area (Å²) < 4.78 is 10.3. The molecule has 0 radical (unpaired) electrons. The second-order valence-corrected chi connectivity index (χ2v) is 4.27. The van der Waals surface area contributed by atoms with Gasteiger partial charge in [-0.25, -0.2) is 4.79 Å². The van der Waals surface area contributed by atoms with E-state index in [-0.39, 0.29) is 0 Å². The fourth-order valence-corrected chi connectivity index (χ4v) is 1.64. The van der Waals surface area contributed by atoms with E-state index in [1.54, 1.807) is 18.2 Å². The summed E-state index contributed by atoms with van der Waals surface area (Å²) in [6.07, 6.45) is 2.38. The zero-order valence-corrected chi connectivity index (χ0v) is 9.79. The van der Waals surface area contributed by atoms with Crippen LogP contribution in [0, 0.1) is 5.92 Å². The van der Waals surface area contributed by atoms with E-state index in [1.165, 1.54) is 20.0 Å². The van der Waals surface area contributed by atoms with Gasteiger partial charge >= 0.3 is 5.97 Å². The molecule has 0 atom stereocenters. The van der Waals surface area contributed by atoms with Crippen LogP contribution in [0.5, 0.6) is 5.75 Å². The van der Waals surface area contributed by atoms with Crippen molar-refractivity contribution in [3.05, 3.63) is 28.8 Å². The second kappa shape index (κ2) is 4.74. The second-order valence-electron chi connectivity index (χ2n) is 3.86. The number of hydrogen-bond donors (Lipinski definition) is 0. The van der Waals surface area contributed by atoms with Crippen molar-refractivity contribution in [2.24, 2.45) is 5.92 Å². The van der Waals surface area contributed by atoms with Gasteiger partial charge in [-0.05, 0) is 30.9 Å². The number of methoxy groups -OCH3 is 1. The molecule has 0 aliphatic heterocycles. The van der Waals surface area contributed by atoms with E-state index in [4.69, 9.17) is 16.3 Å². The first-order valence-corrected chi connectivity index (χ1v) is 5.60. The van der Waals surface area contributed by atoms with Gasteiger partial charge in [0.25, 0.3) is 0 Å². The maximum absolute atomic E-state index is 11.5. The standard InChI is InChI=1S/C12H13ClO3/c1-15-12(14)9-3-2-4-10(13)11(9)16-7-8-5-6-8/h2-4,8H,5-7H2,1H3. The Morgan fingerprint density at radius 1 is 1.50 bits per heavy atom. The quantitative estimate of drug-likeness (QED) is 0.759. The van der Waals surface area contributed by atoms with Crippen LogP contribution in [0.3, 0.4) is 0 Å². The fourth-order valence-electron chi connectivity index (χ4n) is 1.41. The van der Waals surface area contributed by atoms with Gasteiger partial charge in [0.2, 0.25) is 0 Å². The van der Waals surface area contributed by atoms with Crippen LogP contribution in [0.15, 0.2) is 18.2 Å². The number of carbonyl (C=O) groups excluding carboxylic acids is 1. The molecule has 1 aromatic rings. The molecule has 0 heterocycles. The van der Waals surface area contributed by atoms with Crippen LogP contribution in [-0.4, -0.2) is 19.7 Å². The van der Waals surface area contributed by atoms with Crippen molar-refractivity contribution in [1.29, 1.82) is 0 Å².